The number of ether oxygens (including phenoxy) is 1. The van der Waals surface area contributed by atoms with Crippen molar-refractivity contribution in [2.75, 3.05) is 6.54 Å². The second-order valence-corrected chi connectivity index (χ2v) is 7.80. The zero-order valence-electron chi connectivity index (χ0n) is 14.3. The number of halogens is 2. The zero-order valence-corrected chi connectivity index (χ0v) is 16.6. The minimum atomic E-state index is -0.569. The van der Waals surface area contributed by atoms with Crippen molar-refractivity contribution >= 4 is 62.1 Å². The average Bonchev–Trinajstić information content (AvgIpc) is 3.25. The summed E-state index contributed by atoms with van der Waals surface area (Å²) in [4.78, 5) is 29.0. The number of hydrogen-bond donors (Lipinski definition) is 1. The van der Waals surface area contributed by atoms with E-state index in [-0.39, 0.29) is 13.2 Å². The van der Waals surface area contributed by atoms with Gasteiger partial charge in [-0.2, -0.15) is 0 Å². The molecular weight excluding hydrogens is 421 g/mol. The van der Waals surface area contributed by atoms with Crippen LogP contribution >= 0.6 is 34.5 Å². The zero-order chi connectivity index (χ0) is 19.7. The number of imidazole rings is 1. The summed E-state index contributed by atoms with van der Waals surface area (Å²) in [6.07, 6.45) is 3.44. The number of esters is 1. The normalized spacial score (nSPS) is 11.1. The molecule has 0 aliphatic heterocycles. The Hall–Kier alpha value is -2.61. The first-order valence-corrected chi connectivity index (χ1v) is 9.82. The maximum Gasteiger partial charge on any atom is 0.325 e. The van der Waals surface area contributed by atoms with Crippen molar-refractivity contribution in [3.05, 3.63) is 69.4 Å². The van der Waals surface area contributed by atoms with Crippen LogP contribution in [0.25, 0.3) is 15.7 Å². The summed E-state index contributed by atoms with van der Waals surface area (Å²) in [5.74, 6) is -0.980. The third-order valence-corrected chi connectivity index (χ3v) is 5.88. The number of pyridine rings is 1. The number of nitrogens with zero attached hydrogens (tertiary/aromatic N) is 2. The van der Waals surface area contributed by atoms with E-state index in [1.54, 1.807) is 28.9 Å². The Labute approximate surface area is 173 Å². The van der Waals surface area contributed by atoms with E-state index in [4.69, 9.17) is 27.9 Å². The van der Waals surface area contributed by atoms with E-state index in [9.17, 15) is 9.59 Å². The van der Waals surface area contributed by atoms with Gasteiger partial charge in [-0.1, -0.05) is 41.4 Å². The number of amides is 1. The topological polar surface area (TPSA) is 72.7 Å². The van der Waals surface area contributed by atoms with Crippen molar-refractivity contribution in [3.63, 3.8) is 0 Å². The maximum absolute atomic E-state index is 12.3. The minimum Gasteiger partial charge on any atom is -0.458 e. The highest BCUT2D eigenvalue weighted by atomic mass is 35.5. The predicted molar refractivity (Wildman–Crippen MR) is 109 cm³/mol. The van der Waals surface area contributed by atoms with E-state index in [0.717, 1.165) is 10.1 Å². The van der Waals surface area contributed by atoms with Gasteiger partial charge in [0.1, 0.15) is 23.7 Å². The van der Waals surface area contributed by atoms with Crippen LogP contribution in [0, 0.1) is 0 Å². The number of aromatic nitrogens is 2. The molecule has 0 bridgehead atoms. The van der Waals surface area contributed by atoms with Gasteiger partial charge >= 0.3 is 5.97 Å². The van der Waals surface area contributed by atoms with Crippen LogP contribution in [0.2, 0.25) is 10.0 Å². The van der Waals surface area contributed by atoms with Crippen LogP contribution in [0.3, 0.4) is 0 Å². The lowest BCUT2D eigenvalue weighted by atomic mass is 10.2. The first-order chi connectivity index (χ1) is 13.5. The molecule has 0 atom stereocenters. The van der Waals surface area contributed by atoms with Crippen molar-refractivity contribution in [2.24, 2.45) is 0 Å². The molecule has 3 heterocycles. The number of nitrogens with one attached hydrogen (secondary N) is 1. The van der Waals surface area contributed by atoms with Crippen molar-refractivity contribution in [1.82, 2.24) is 14.7 Å². The molecule has 6 nitrogen and oxygen atoms in total. The molecule has 142 valence electrons. The highest BCUT2D eigenvalue weighted by Crippen LogP contribution is 2.34. The molecule has 1 amide bonds. The number of hydrogen-bond acceptors (Lipinski definition) is 5. The molecule has 0 unspecified atom stereocenters. The molecule has 0 saturated carbocycles. The van der Waals surface area contributed by atoms with Crippen LogP contribution in [0.15, 0.2) is 48.8 Å². The maximum atomic E-state index is 12.3. The Morgan fingerprint density at radius 1 is 1.14 bits per heavy atom. The fourth-order valence-electron chi connectivity index (χ4n) is 2.69. The first-order valence-electron chi connectivity index (χ1n) is 8.25. The summed E-state index contributed by atoms with van der Waals surface area (Å²) in [7, 11) is 0. The lowest BCUT2D eigenvalue weighted by molar-refractivity contribution is -0.143. The number of benzene rings is 1. The third kappa shape index (κ3) is 3.82. The van der Waals surface area contributed by atoms with Gasteiger partial charge in [0.2, 0.25) is 0 Å². The monoisotopic (exact) mass is 433 g/mol. The van der Waals surface area contributed by atoms with Crippen molar-refractivity contribution in [2.45, 2.75) is 6.61 Å². The third-order valence-electron chi connectivity index (χ3n) is 3.98. The summed E-state index contributed by atoms with van der Waals surface area (Å²) in [5, 5.41) is 4.32. The van der Waals surface area contributed by atoms with Gasteiger partial charge in [-0.25, -0.2) is 4.98 Å². The fraction of sp³-hybridized carbons (Fsp3) is 0.105. The fourth-order valence-corrected chi connectivity index (χ4v) is 4.29. The molecule has 3 aromatic heterocycles. The molecule has 0 fully saturated rings. The van der Waals surface area contributed by atoms with Crippen molar-refractivity contribution in [3.8, 4) is 0 Å². The van der Waals surface area contributed by atoms with Gasteiger partial charge in [-0.15, -0.1) is 11.3 Å². The molecule has 0 aliphatic rings. The van der Waals surface area contributed by atoms with Crippen molar-refractivity contribution in [1.29, 1.82) is 0 Å². The number of carbonyl (C=O) groups is 2. The van der Waals surface area contributed by atoms with Crippen LogP contribution in [0.4, 0.5) is 0 Å². The molecule has 0 saturated heterocycles. The van der Waals surface area contributed by atoms with Crippen LogP contribution in [-0.2, 0) is 16.1 Å². The summed E-state index contributed by atoms with van der Waals surface area (Å²) >= 11 is 13.5. The van der Waals surface area contributed by atoms with Gasteiger partial charge in [-0.3, -0.25) is 9.59 Å². The lowest BCUT2D eigenvalue weighted by Crippen LogP contribution is -2.30. The summed E-state index contributed by atoms with van der Waals surface area (Å²) in [6.45, 7) is -0.264. The highest BCUT2D eigenvalue weighted by Gasteiger charge is 2.18. The number of thiophene rings is 1. The second kappa shape index (κ2) is 7.79. The predicted octanol–water partition coefficient (Wildman–Crippen LogP) is 4.33. The number of carbonyl (C=O) groups excluding carboxylic acids is 2. The van der Waals surface area contributed by atoms with Gasteiger partial charge in [-0.05, 0) is 18.2 Å². The molecule has 1 aromatic carbocycles. The van der Waals surface area contributed by atoms with E-state index in [0.29, 0.717) is 26.3 Å². The van der Waals surface area contributed by atoms with Gasteiger partial charge in [0, 0.05) is 22.5 Å². The van der Waals surface area contributed by atoms with Crippen LogP contribution in [0.1, 0.15) is 15.4 Å². The largest absolute Gasteiger partial charge is 0.458 e. The number of rotatable bonds is 5. The Kier molecular flexibility index (Phi) is 5.21. The van der Waals surface area contributed by atoms with E-state index in [2.05, 4.69) is 10.3 Å². The first kappa shape index (κ1) is 18.7. The molecule has 4 rings (SSSR count). The molecular formula is C19H13Cl2N3O3S. The molecule has 28 heavy (non-hydrogen) atoms. The van der Waals surface area contributed by atoms with Gasteiger partial charge in [0.05, 0.1) is 15.7 Å². The summed E-state index contributed by atoms with van der Waals surface area (Å²) in [5.41, 5.74) is 1.28. The minimum absolute atomic E-state index is 0.00233. The van der Waals surface area contributed by atoms with Gasteiger partial charge in [0.15, 0.2) is 0 Å². The van der Waals surface area contributed by atoms with Gasteiger partial charge < -0.3 is 14.5 Å². The molecule has 0 radical (unpaired) electrons. The molecule has 0 aliphatic carbocycles. The SMILES string of the molecule is O=C(CNC(=O)c1sc2ccccc2c1Cl)OCc1cn2cc(Cl)ccc2n1. The Morgan fingerprint density at radius 2 is 1.96 bits per heavy atom. The lowest BCUT2D eigenvalue weighted by Gasteiger charge is -2.04. The standard InChI is InChI=1S/C19H13Cl2N3O3S/c20-11-5-6-15-23-12(9-24(15)8-11)10-27-16(25)7-22-19(26)18-17(21)13-3-1-2-4-14(13)28-18/h1-6,8-9H,7,10H2,(H,22,26). The van der Waals surface area contributed by atoms with E-state index in [1.165, 1.54) is 11.3 Å². The van der Waals surface area contributed by atoms with Crippen molar-refractivity contribution < 1.29 is 14.3 Å². The molecule has 9 heteroatoms. The van der Waals surface area contributed by atoms with Crippen LogP contribution in [-0.4, -0.2) is 27.8 Å². The van der Waals surface area contributed by atoms with E-state index < -0.39 is 11.9 Å². The van der Waals surface area contributed by atoms with Gasteiger partial charge in [0.25, 0.3) is 5.91 Å². The molecule has 1 N–H and O–H groups in total. The Morgan fingerprint density at radius 3 is 2.79 bits per heavy atom. The quantitative estimate of drug-likeness (QED) is 0.475. The Balaban J connectivity index is 1.34. The smallest absolute Gasteiger partial charge is 0.325 e. The number of fused-ring (bicyclic) bond motifs is 2. The van der Waals surface area contributed by atoms with E-state index in [1.807, 2.05) is 24.3 Å². The van der Waals surface area contributed by atoms with E-state index >= 15 is 0 Å². The summed E-state index contributed by atoms with van der Waals surface area (Å²) in [6, 6.07) is 11.0. The summed E-state index contributed by atoms with van der Waals surface area (Å²) < 4.78 is 7.83. The molecule has 4 aromatic rings. The Bertz CT molecular complexity index is 1200. The highest BCUT2D eigenvalue weighted by molar-refractivity contribution is 7.21. The molecule has 0 spiro atoms. The van der Waals surface area contributed by atoms with Crippen LogP contribution in [0.5, 0.6) is 0 Å². The van der Waals surface area contributed by atoms with Crippen LogP contribution < -0.4 is 5.32 Å². The average molecular weight is 434 g/mol. The second-order valence-electron chi connectivity index (χ2n) is 5.93.